The first-order chi connectivity index (χ1) is 24.1. The summed E-state index contributed by atoms with van der Waals surface area (Å²) < 4.78 is 0. The lowest BCUT2D eigenvalue weighted by molar-refractivity contribution is 0.660. The maximum absolute atomic E-state index is 5.31. The quantitative estimate of drug-likeness (QED) is 0.195. The molecule has 8 aromatic rings. The van der Waals surface area contributed by atoms with E-state index in [0.29, 0.717) is 17.5 Å². The fourth-order valence-electron chi connectivity index (χ4n) is 8.15. The summed E-state index contributed by atoms with van der Waals surface area (Å²) in [5.41, 5.74) is 15.3. The van der Waals surface area contributed by atoms with E-state index in [0.717, 1.165) is 16.7 Å². The van der Waals surface area contributed by atoms with Gasteiger partial charge in [0.05, 0.1) is 0 Å². The summed E-state index contributed by atoms with van der Waals surface area (Å²) in [6.45, 7) is 4.62. The average molecular weight is 626 g/mol. The molecular formula is C46H31N3. The zero-order valence-electron chi connectivity index (χ0n) is 27.3. The molecule has 0 saturated carbocycles. The molecule has 0 bridgehead atoms. The van der Waals surface area contributed by atoms with Gasteiger partial charge in [0.2, 0.25) is 0 Å². The van der Waals surface area contributed by atoms with Crippen LogP contribution in [0.15, 0.2) is 152 Å². The van der Waals surface area contributed by atoms with E-state index < -0.39 is 0 Å². The lowest BCUT2D eigenvalue weighted by Crippen LogP contribution is -2.15. The van der Waals surface area contributed by atoms with Crippen LogP contribution in [-0.4, -0.2) is 15.0 Å². The molecule has 0 atom stereocenters. The molecule has 0 fully saturated rings. The summed E-state index contributed by atoms with van der Waals surface area (Å²) in [6.07, 6.45) is 0. The fourth-order valence-corrected chi connectivity index (χ4v) is 8.15. The molecule has 0 amide bonds. The van der Waals surface area contributed by atoms with Crippen LogP contribution in [0.1, 0.15) is 25.0 Å². The van der Waals surface area contributed by atoms with Gasteiger partial charge in [-0.2, -0.15) is 0 Å². The summed E-state index contributed by atoms with van der Waals surface area (Å²) in [7, 11) is 0. The van der Waals surface area contributed by atoms with Crippen LogP contribution in [0.25, 0.3) is 89.4 Å². The predicted octanol–water partition coefficient (Wildman–Crippen LogP) is 11.6. The van der Waals surface area contributed by atoms with Gasteiger partial charge >= 0.3 is 0 Å². The Kier molecular flexibility index (Phi) is 5.92. The van der Waals surface area contributed by atoms with Gasteiger partial charge in [-0.15, -0.1) is 0 Å². The maximum atomic E-state index is 5.31. The zero-order chi connectivity index (χ0) is 32.7. The summed E-state index contributed by atoms with van der Waals surface area (Å²) in [6, 6.07) is 54.1. The number of benzene rings is 7. The standard InChI is InChI=1S/C46H31N3/c1-46(2)38-22-10-9-19-33(38)34-24-23-31(27-39(34)46)44-47-43(30-15-7-4-8-16-30)48-45(49-44)37-26-25-32(28-13-5-3-6-14-28)41-35-20-11-17-29-18-12-21-36(40(29)35)42(37)41/h3-27H,1-2H3. The van der Waals surface area contributed by atoms with Crippen molar-refractivity contribution in [3.05, 3.63) is 163 Å². The lowest BCUT2D eigenvalue weighted by Gasteiger charge is -2.22. The highest BCUT2D eigenvalue weighted by molar-refractivity contribution is 6.20. The van der Waals surface area contributed by atoms with Gasteiger partial charge in [-0.05, 0) is 73.0 Å². The number of aromatic nitrogens is 3. The van der Waals surface area contributed by atoms with Crippen LogP contribution in [0.4, 0.5) is 0 Å². The third-order valence-electron chi connectivity index (χ3n) is 10.5. The minimum atomic E-state index is -0.126. The van der Waals surface area contributed by atoms with E-state index in [4.69, 9.17) is 15.0 Å². The highest BCUT2D eigenvalue weighted by Crippen LogP contribution is 2.54. The number of hydrogen-bond acceptors (Lipinski definition) is 3. The molecule has 49 heavy (non-hydrogen) atoms. The van der Waals surface area contributed by atoms with Gasteiger partial charge in [0, 0.05) is 27.7 Å². The van der Waals surface area contributed by atoms with Crippen LogP contribution in [0, 0.1) is 0 Å². The molecule has 230 valence electrons. The Morgan fingerprint density at radius 2 is 0.898 bits per heavy atom. The smallest absolute Gasteiger partial charge is 0.164 e. The average Bonchev–Trinajstić information content (AvgIpc) is 3.62. The number of nitrogens with zero attached hydrogens (tertiary/aromatic N) is 3. The van der Waals surface area contributed by atoms with Gasteiger partial charge in [-0.1, -0.05) is 153 Å². The first kappa shape index (κ1) is 27.9. The van der Waals surface area contributed by atoms with Gasteiger partial charge in [-0.25, -0.2) is 15.0 Å². The van der Waals surface area contributed by atoms with Crippen molar-refractivity contribution in [3.8, 4) is 78.7 Å². The monoisotopic (exact) mass is 625 g/mol. The van der Waals surface area contributed by atoms with Crippen molar-refractivity contribution < 1.29 is 0 Å². The Morgan fingerprint density at radius 1 is 0.367 bits per heavy atom. The second-order valence-electron chi connectivity index (χ2n) is 13.6. The van der Waals surface area contributed by atoms with Crippen molar-refractivity contribution in [2.45, 2.75) is 19.3 Å². The number of rotatable bonds is 4. The van der Waals surface area contributed by atoms with Crippen molar-refractivity contribution in [1.82, 2.24) is 15.0 Å². The zero-order valence-corrected chi connectivity index (χ0v) is 27.3. The van der Waals surface area contributed by atoms with Gasteiger partial charge < -0.3 is 0 Å². The Morgan fingerprint density at radius 3 is 1.63 bits per heavy atom. The van der Waals surface area contributed by atoms with Gasteiger partial charge in [0.1, 0.15) is 0 Å². The third kappa shape index (κ3) is 4.12. The molecule has 7 aromatic carbocycles. The van der Waals surface area contributed by atoms with Crippen LogP contribution in [0.2, 0.25) is 0 Å². The van der Waals surface area contributed by atoms with Crippen LogP contribution in [0.3, 0.4) is 0 Å². The fraction of sp³-hybridized carbons (Fsp3) is 0.0652. The molecular weight excluding hydrogens is 595 g/mol. The Labute approximate surface area is 285 Å². The maximum Gasteiger partial charge on any atom is 0.164 e. The highest BCUT2D eigenvalue weighted by atomic mass is 15.0. The molecule has 0 saturated heterocycles. The van der Waals surface area contributed by atoms with Crippen molar-refractivity contribution in [1.29, 1.82) is 0 Å². The molecule has 1 aromatic heterocycles. The van der Waals surface area contributed by atoms with E-state index in [1.807, 2.05) is 18.2 Å². The van der Waals surface area contributed by atoms with Gasteiger partial charge in [0.15, 0.2) is 17.5 Å². The molecule has 3 nitrogen and oxygen atoms in total. The molecule has 0 unspecified atom stereocenters. The molecule has 2 aliphatic rings. The van der Waals surface area contributed by atoms with E-state index >= 15 is 0 Å². The number of fused-ring (bicyclic) bond motifs is 6. The van der Waals surface area contributed by atoms with Crippen LogP contribution in [-0.2, 0) is 5.41 Å². The van der Waals surface area contributed by atoms with Crippen LogP contribution < -0.4 is 0 Å². The minimum Gasteiger partial charge on any atom is -0.208 e. The molecule has 1 heterocycles. The molecule has 10 rings (SSSR count). The van der Waals surface area contributed by atoms with E-state index in [-0.39, 0.29) is 5.41 Å². The van der Waals surface area contributed by atoms with Crippen molar-refractivity contribution in [3.63, 3.8) is 0 Å². The van der Waals surface area contributed by atoms with E-state index in [2.05, 4.69) is 147 Å². The third-order valence-corrected chi connectivity index (χ3v) is 10.5. The Bertz CT molecular complexity index is 2610. The molecule has 0 spiro atoms. The van der Waals surface area contributed by atoms with E-state index in [1.54, 1.807) is 0 Å². The van der Waals surface area contributed by atoms with Crippen molar-refractivity contribution in [2.75, 3.05) is 0 Å². The highest BCUT2D eigenvalue weighted by Gasteiger charge is 2.35. The second-order valence-corrected chi connectivity index (χ2v) is 13.6. The predicted molar refractivity (Wildman–Crippen MR) is 201 cm³/mol. The molecule has 0 aliphatic heterocycles. The number of hydrogen-bond donors (Lipinski definition) is 0. The molecule has 0 radical (unpaired) electrons. The summed E-state index contributed by atoms with van der Waals surface area (Å²) >= 11 is 0. The first-order valence-corrected chi connectivity index (χ1v) is 16.9. The molecule has 2 aliphatic carbocycles. The van der Waals surface area contributed by atoms with Gasteiger partial charge in [0.25, 0.3) is 0 Å². The van der Waals surface area contributed by atoms with Crippen molar-refractivity contribution >= 4 is 10.8 Å². The summed E-state index contributed by atoms with van der Waals surface area (Å²) in [5.74, 6) is 2.01. The SMILES string of the molecule is CC1(C)c2ccccc2-c2ccc(-c3nc(-c4ccccc4)nc(-c4ccc(-c5ccccc5)c5c4-c4cccc6cccc-5c46)n3)cc21. The Balaban J connectivity index is 1.23. The lowest BCUT2D eigenvalue weighted by atomic mass is 9.82. The molecule has 0 N–H and O–H groups in total. The van der Waals surface area contributed by atoms with Crippen LogP contribution in [0.5, 0.6) is 0 Å². The van der Waals surface area contributed by atoms with Crippen molar-refractivity contribution in [2.24, 2.45) is 0 Å². The van der Waals surface area contributed by atoms with E-state index in [1.165, 1.54) is 66.4 Å². The van der Waals surface area contributed by atoms with Crippen LogP contribution >= 0.6 is 0 Å². The largest absolute Gasteiger partial charge is 0.208 e. The Hall–Kier alpha value is -6.19. The minimum absolute atomic E-state index is 0.126. The molecule has 3 heteroatoms. The topological polar surface area (TPSA) is 38.7 Å². The van der Waals surface area contributed by atoms with Gasteiger partial charge in [-0.3, -0.25) is 0 Å². The normalized spacial score (nSPS) is 13.3. The second kappa shape index (κ2) is 10.4. The summed E-state index contributed by atoms with van der Waals surface area (Å²) in [5, 5.41) is 2.52. The first-order valence-electron chi connectivity index (χ1n) is 16.9. The van der Waals surface area contributed by atoms with E-state index in [9.17, 15) is 0 Å². The summed E-state index contributed by atoms with van der Waals surface area (Å²) in [4.78, 5) is 15.7.